The van der Waals surface area contributed by atoms with Crippen molar-refractivity contribution in [2.24, 2.45) is 5.10 Å². The van der Waals surface area contributed by atoms with Gasteiger partial charge in [0.1, 0.15) is 11.4 Å². The minimum Gasteiger partial charge on any atom is -0.496 e. The fourth-order valence-corrected chi connectivity index (χ4v) is 2.65. The Labute approximate surface area is 159 Å². The molecule has 1 aromatic heterocycles. The Morgan fingerprint density at radius 1 is 1.19 bits per heavy atom. The number of para-hydroxylation sites is 1. The molecule has 0 fully saturated rings. The molecule has 0 saturated carbocycles. The number of halogens is 1. The molecule has 2 aromatic carbocycles. The van der Waals surface area contributed by atoms with E-state index in [9.17, 15) is 4.79 Å². The smallest absolute Gasteiger partial charge is 0.289 e. The van der Waals surface area contributed by atoms with E-state index in [0.29, 0.717) is 22.8 Å². The maximum Gasteiger partial charge on any atom is 0.289 e. The van der Waals surface area contributed by atoms with Gasteiger partial charge in [-0.25, -0.2) is 5.43 Å². The van der Waals surface area contributed by atoms with Crippen LogP contribution in [0.5, 0.6) is 5.75 Å². The highest BCUT2D eigenvalue weighted by atomic mass is 79.9. The average Bonchev–Trinajstić information content (AvgIpc) is 3.16. The maximum atomic E-state index is 12.3. The molecule has 6 nitrogen and oxygen atoms in total. The first-order valence-corrected chi connectivity index (χ1v) is 8.67. The number of benzene rings is 2. The summed E-state index contributed by atoms with van der Waals surface area (Å²) in [5.74, 6) is 0.324. The molecule has 0 unspecified atom stereocenters. The number of ether oxygens (including phenoxy) is 1. The van der Waals surface area contributed by atoms with Gasteiger partial charge in [0.2, 0.25) is 0 Å². The number of amides is 1. The summed E-state index contributed by atoms with van der Waals surface area (Å²) in [4.78, 5) is 12.3. The van der Waals surface area contributed by atoms with Crippen LogP contribution in [0, 0.1) is 0 Å². The van der Waals surface area contributed by atoms with Gasteiger partial charge in [0.25, 0.3) is 5.91 Å². The van der Waals surface area contributed by atoms with Crippen LogP contribution < -0.4 is 10.2 Å². The van der Waals surface area contributed by atoms with Crippen LogP contribution in [0.3, 0.4) is 0 Å². The van der Waals surface area contributed by atoms with Gasteiger partial charge in [-0.1, -0.05) is 40.2 Å². The number of nitrogens with zero attached hydrogens (tertiary/aromatic N) is 2. The largest absolute Gasteiger partial charge is 0.496 e. The molecule has 0 atom stereocenters. The molecular weight excluding hydrogens is 396 g/mol. The lowest BCUT2D eigenvalue weighted by Gasteiger charge is -2.04. The summed E-state index contributed by atoms with van der Waals surface area (Å²) in [6.45, 7) is 1.83. The summed E-state index contributed by atoms with van der Waals surface area (Å²) < 4.78 is 6.31. The van der Waals surface area contributed by atoms with Crippen molar-refractivity contribution in [3.63, 3.8) is 0 Å². The minimum absolute atomic E-state index is 0.318. The molecule has 0 aliphatic carbocycles. The fourth-order valence-electron chi connectivity index (χ4n) is 2.38. The van der Waals surface area contributed by atoms with E-state index in [1.54, 1.807) is 13.2 Å². The third kappa shape index (κ3) is 4.00. The molecular formula is C19H17BrN4O2. The number of aromatic amines is 1. The predicted octanol–water partition coefficient (Wildman–Crippen LogP) is 4.00. The van der Waals surface area contributed by atoms with Crippen LogP contribution in [-0.2, 0) is 0 Å². The van der Waals surface area contributed by atoms with Crippen LogP contribution in [0.15, 0.2) is 64.2 Å². The molecule has 0 aliphatic heterocycles. The first-order valence-electron chi connectivity index (χ1n) is 7.88. The zero-order chi connectivity index (χ0) is 18.5. The minimum atomic E-state index is -0.366. The molecule has 0 bridgehead atoms. The first kappa shape index (κ1) is 17.9. The van der Waals surface area contributed by atoms with E-state index in [1.165, 1.54) is 0 Å². The highest BCUT2D eigenvalue weighted by molar-refractivity contribution is 9.10. The standard InChI is InChI=1S/C19H17BrN4O2/c1-12(13-7-9-14(20)10-8-13)21-24-19(25)17-11-16(22-23-17)15-5-3-4-6-18(15)26-2/h3-11H,1-2H3,(H,22,23)(H,24,25)/b21-12+. The van der Waals surface area contributed by atoms with Crippen LogP contribution in [0.25, 0.3) is 11.3 Å². The molecule has 26 heavy (non-hydrogen) atoms. The number of methoxy groups -OCH3 is 1. The van der Waals surface area contributed by atoms with Crippen LogP contribution in [0.4, 0.5) is 0 Å². The van der Waals surface area contributed by atoms with E-state index in [1.807, 2.05) is 55.5 Å². The third-order valence-electron chi connectivity index (χ3n) is 3.79. The summed E-state index contributed by atoms with van der Waals surface area (Å²) in [6, 6.07) is 16.8. The van der Waals surface area contributed by atoms with Crippen molar-refractivity contribution in [2.75, 3.05) is 7.11 Å². The van der Waals surface area contributed by atoms with Gasteiger partial charge in [-0.05, 0) is 42.8 Å². The number of H-pyrrole nitrogens is 1. The Hall–Kier alpha value is -2.93. The zero-order valence-corrected chi connectivity index (χ0v) is 15.9. The summed E-state index contributed by atoms with van der Waals surface area (Å²) in [7, 11) is 1.60. The number of hydrogen-bond acceptors (Lipinski definition) is 4. The molecule has 2 N–H and O–H groups in total. The van der Waals surface area contributed by atoms with E-state index in [4.69, 9.17) is 4.74 Å². The lowest BCUT2D eigenvalue weighted by molar-refractivity contribution is 0.0950. The van der Waals surface area contributed by atoms with Gasteiger partial charge >= 0.3 is 0 Å². The maximum absolute atomic E-state index is 12.3. The topological polar surface area (TPSA) is 79.4 Å². The van der Waals surface area contributed by atoms with E-state index in [2.05, 4.69) is 36.7 Å². The number of hydrogen-bond donors (Lipinski definition) is 2. The van der Waals surface area contributed by atoms with Crippen molar-refractivity contribution in [3.05, 3.63) is 70.3 Å². The molecule has 1 amide bonds. The lowest BCUT2D eigenvalue weighted by atomic mass is 10.1. The first-order chi connectivity index (χ1) is 12.6. The van der Waals surface area contributed by atoms with Gasteiger partial charge in [-0.15, -0.1) is 0 Å². The number of rotatable bonds is 5. The van der Waals surface area contributed by atoms with Crippen molar-refractivity contribution >= 4 is 27.5 Å². The second-order valence-electron chi connectivity index (χ2n) is 5.51. The van der Waals surface area contributed by atoms with Crippen LogP contribution >= 0.6 is 15.9 Å². The van der Waals surface area contributed by atoms with Gasteiger partial charge in [0.05, 0.1) is 18.5 Å². The summed E-state index contributed by atoms with van der Waals surface area (Å²) in [5.41, 5.74) is 5.92. The van der Waals surface area contributed by atoms with Gasteiger partial charge in [-0.2, -0.15) is 10.2 Å². The molecule has 3 aromatic rings. The molecule has 7 heteroatoms. The number of aromatic nitrogens is 2. The van der Waals surface area contributed by atoms with Crippen molar-refractivity contribution < 1.29 is 9.53 Å². The molecule has 0 spiro atoms. The van der Waals surface area contributed by atoms with Gasteiger partial charge in [0, 0.05) is 10.0 Å². The second kappa shape index (κ2) is 7.97. The van der Waals surface area contributed by atoms with E-state index >= 15 is 0 Å². The molecule has 1 heterocycles. The predicted molar refractivity (Wildman–Crippen MR) is 104 cm³/mol. The Balaban J connectivity index is 1.74. The Kier molecular flexibility index (Phi) is 5.48. The number of carbonyl (C=O) groups excluding carboxylic acids is 1. The van der Waals surface area contributed by atoms with E-state index in [-0.39, 0.29) is 5.91 Å². The highest BCUT2D eigenvalue weighted by Crippen LogP contribution is 2.28. The van der Waals surface area contributed by atoms with Gasteiger partial charge in [0.15, 0.2) is 0 Å². The number of hydrazone groups is 1. The molecule has 0 aliphatic rings. The Bertz CT molecular complexity index is 948. The Morgan fingerprint density at radius 2 is 1.92 bits per heavy atom. The van der Waals surface area contributed by atoms with Crippen molar-refractivity contribution in [1.29, 1.82) is 0 Å². The monoisotopic (exact) mass is 412 g/mol. The van der Waals surface area contributed by atoms with Crippen molar-refractivity contribution in [3.8, 4) is 17.0 Å². The highest BCUT2D eigenvalue weighted by Gasteiger charge is 2.13. The molecule has 0 radical (unpaired) electrons. The van der Waals surface area contributed by atoms with Crippen molar-refractivity contribution in [1.82, 2.24) is 15.6 Å². The van der Waals surface area contributed by atoms with Crippen LogP contribution in [-0.4, -0.2) is 28.9 Å². The SMILES string of the molecule is COc1ccccc1-c1cc(C(=O)N/N=C(\C)c2ccc(Br)cc2)[nH]n1. The van der Waals surface area contributed by atoms with Gasteiger partial charge < -0.3 is 4.74 Å². The molecule has 0 saturated heterocycles. The zero-order valence-electron chi connectivity index (χ0n) is 14.3. The summed E-state index contributed by atoms with van der Waals surface area (Å²) in [5, 5.41) is 11.1. The number of nitrogens with one attached hydrogen (secondary N) is 2. The lowest BCUT2D eigenvalue weighted by Crippen LogP contribution is -2.19. The van der Waals surface area contributed by atoms with Crippen molar-refractivity contribution in [2.45, 2.75) is 6.92 Å². The summed E-state index contributed by atoms with van der Waals surface area (Å²) >= 11 is 3.39. The second-order valence-corrected chi connectivity index (χ2v) is 6.43. The normalized spacial score (nSPS) is 11.3. The van der Waals surface area contributed by atoms with Crippen LogP contribution in [0.1, 0.15) is 23.0 Å². The van der Waals surface area contributed by atoms with Gasteiger partial charge in [-0.3, -0.25) is 9.89 Å². The van der Waals surface area contributed by atoms with E-state index < -0.39 is 0 Å². The quantitative estimate of drug-likeness (QED) is 0.490. The number of carbonyl (C=O) groups is 1. The Morgan fingerprint density at radius 3 is 2.65 bits per heavy atom. The fraction of sp³-hybridized carbons (Fsp3) is 0.105. The third-order valence-corrected chi connectivity index (χ3v) is 4.32. The summed E-state index contributed by atoms with van der Waals surface area (Å²) in [6.07, 6.45) is 0. The van der Waals surface area contributed by atoms with Crippen LogP contribution in [0.2, 0.25) is 0 Å². The molecule has 3 rings (SSSR count). The molecule has 132 valence electrons. The van der Waals surface area contributed by atoms with E-state index in [0.717, 1.165) is 15.6 Å². The average molecular weight is 413 g/mol.